The van der Waals surface area contributed by atoms with E-state index in [2.05, 4.69) is 111 Å². The van der Waals surface area contributed by atoms with Gasteiger partial charge in [0.2, 0.25) is 0 Å². The quantitative estimate of drug-likeness (QED) is 0.150. The van der Waals surface area contributed by atoms with Crippen LogP contribution >= 0.6 is 0 Å². The van der Waals surface area contributed by atoms with E-state index in [1.165, 1.54) is 92.9 Å². The van der Waals surface area contributed by atoms with Crippen molar-refractivity contribution in [1.82, 2.24) is 0 Å². The Kier molecular flexibility index (Phi) is 12.6. The highest BCUT2D eigenvalue weighted by Gasteiger charge is 2.11. The first-order valence-electron chi connectivity index (χ1n) is 16.0. The van der Waals surface area contributed by atoms with Crippen LogP contribution in [0, 0.1) is 12.8 Å². The number of unbranched alkanes of at least 4 members (excludes halogenated alkanes) is 2. The minimum atomic E-state index is 0.545. The van der Waals surface area contributed by atoms with Crippen LogP contribution in [0.1, 0.15) is 95.1 Å². The molecule has 0 N–H and O–H groups in total. The predicted octanol–water partition coefficient (Wildman–Crippen LogP) is 11.9. The van der Waals surface area contributed by atoms with Gasteiger partial charge in [-0.05, 0) is 86.1 Å². The van der Waals surface area contributed by atoms with Crippen molar-refractivity contribution >= 4 is 5.76 Å². The average molecular weight is 547 g/mol. The van der Waals surface area contributed by atoms with Crippen LogP contribution in [0.25, 0.3) is 16.9 Å². The van der Waals surface area contributed by atoms with Gasteiger partial charge in [-0.25, -0.2) is 0 Å². The minimum Gasteiger partial charge on any atom is -0.489 e. The maximum Gasteiger partial charge on any atom is 0.119 e. The predicted molar refractivity (Wildman–Crippen MR) is 179 cm³/mol. The first-order valence-corrected chi connectivity index (χ1v) is 16.0. The summed E-state index contributed by atoms with van der Waals surface area (Å²) in [4.78, 5) is 0. The minimum absolute atomic E-state index is 0.545. The molecule has 41 heavy (non-hydrogen) atoms. The van der Waals surface area contributed by atoms with Crippen molar-refractivity contribution in [1.29, 1.82) is 0 Å². The van der Waals surface area contributed by atoms with E-state index in [1.807, 2.05) is 0 Å². The molecule has 2 aliphatic carbocycles. The third-order valence-electron chi connectivity index (χ3n) is 8.59. The van der Waals surface area contributed by atoms with Gasteiger partial charge in [-0.2, -0.15) is 0 Å². The summed E-state index contributed by atoms with van der Waals surface area (Å²) in [6, 6.07) is 17.0. The molecule has 4 rings (SSSR count). The van der Waals surface area contributed by atoms with E-state index in [-0.39, 0.29) is 0 Å². The van der Waals surface area contributed by atoms with Crippen LogP contribution < -0.4 is 0 Å². The highest BCUT2D eigenvalue weighted by molar-refractivity contribution is 5.70. The van der Waals surface area contributed by atoms with Gasteiger partial charge < -0.3 is 4.74 Å². The molecule has 2 aromatic carbocycles. The third-order valence-corrected chi connectivity index (χ3v) is 8.59. The van der Waals surface area contributed by atoms with Gasteiger partial charge in [0.05, 0.1) is 0 Å². The zero-order valence-electron chi connectivity index (χ0n) is 25.5. The smallest absolute Gasteiger partial charge is 0.119 e. The van der Waals surface area contributed by atoms with Crippen molar-refractivity contribution < 1.29 is 4.74 Å². The Morgan fingerprint density at radius 2 is 1.73 bits per heavy atom. The number of rotatable bonds is 16. The lowest BCUT2D eigenvalue weighted by atomic mass is 9.89. The Morgan fingerprint density at radius 1 is 0.878 bits per heavy atom. The van der Waals surface area contributed by atoms with Gasteiger partial charge in [0.25, 0.3) is 0 Å². The largest absolute Gasteiger partial charge is 0.489 e. The molecule has 0 aromatic heterocycles. The standard InChI is InChI=1S/C40H50O/c1-4-5-15-34(24-25-35-17-11-12-18-35)16-9-10-19-36-20-13-14-21-37(27-26-36)31-41-33(3)39-28-29-40(32(2)30-39)38-22-7-6-8-23-38/h6-8,11-12,14,17,21-23,26-30,34H,3-5,9-10,13,15-16,18-20,24-25,31H2,1-2H3. The Bertz CT molecular complexity index is 1270. The van der Waals surface area contributed by atoms with Gasteiger partial charge >= 0.3 is 0 Å². The van der Waals surface area contributed by atoms with Crippen LogP contribution in [0.5, 0.6) is 0 Å². The number of aryl methyl sites for hydroxylation is 1. The third kappa shape index (κ3) is 10.2. The number of hydrogen-bond donors (Lipinski definition) is 0. The fraction of sp³-hybridized carbons (Fsp3) is 0.400. The van der Waals surface area contributed by atoms with Crippen molar-refractivity contribution in [3.05, 3.63) is 125 Å². The summed E-state index contributed by atoms with van der Waals surface area (Å²) in [6.45, 7) is 9.26. The average Bonchev–Trinajstić information content (AvgIpc) is 3.51. The maximum atomic E-state index is 6.17. The molecule has 1 atom stereocenters. The molecule has 0 spiro atoms. The summed E-state index contributed by atoms with van der Waals surface area (Å²) >= 11 is 0. The number of benzene rings is 2. The second-order valence-corrected chi connectivity index (χ2v) is 11.9. The fourth-order valence-corrected chi connectivity index (χ4v) is 5.98. The molecule has 0 heterocycles. The van der Waals surface area contributed by atoms with E-state index in [1.54, 1.807) is 11.1 Å². The van der Waals surface area contributed by atoms with Crippen LogP contribution in [-0.4, -0.2) is 6.61 Å². The second-order valence-electron chi connectivity index (χ2n) is 11.9. The molecular formula is C40H50O. The van der Waals surface area contributed by atoms with E-state index in [0.29, 0.717) is 6.61 Å². The monoisotopic (exact) mass is 546 g/mol. The summed E-state index contributed by atoms with van der Waals surface area (Å²) in [6.07, 6.45) is 31.4. The Hall–Kier alpha value is -3.32. The van der Waals surface area contributed by atoms with Crippen molar-refractivity contribution in [3.8, 4) is 11.1 Å². The van der Waals surface area contributed by atoms with Crippen molar-refractivity contribution in [2.75, 3.05) is 6.61 Å². The highest BCUT2D eigenvalue weighted by Crippen LogP contribution is 2.29. The first-order chi connectivity index (χ1) is 20.1. The molecule has 1 heteroatoms. The summed E-state index contributed by atoms with van der Waals surface area (Å²) in [5.74, 6) is 1.62. The second kappa shape index (κ2) is 16.8. The highest BCUT2D eigenvalue weighted by atomic mass is 16.5. The first kappa shape index (κ1) is 30.6. The van der Waals surface area contributed by atoms with Crippen LogP contribution in [0.4, 0.5) is 0 Å². The van der Waals surface area contributed by atoms with E-state index in [0.717, 1.165) is 23.7 Å². The Morgan fingerprint density at radius 3 is 2.51 bits per heavy atom. The number of hydrogen-bond acceptors (Lipinski definition) is 1. The molecule has 0 fully saturated rings. The molecule has 0 aliphatic heterocycles. The number of allylic oxidation sites excluding steroid dienone is 8. The SMILES string of the molecule is C=C(OCC1=CC=C(CCCCC(CCCC)CCC2=CC=CC2)CCC=C1)c1ccc(-c2ccccc2)c(C)c1. The van der Waals surface area contributed by atoms with E-state index >= 15 is 0 Å². The molecule has 2 aliphatic rings. The van der Waals surface area contributed by atoms with E-state index < -0.39 is 0 Å². The topological polar surface area (TPSA) is 9.23 Å². The zero-order valence-corrected chi connectivity index (χ0v) is 25.5. The van der Waals surface area contributed by atoms with E-state index in [4.69, 9.17) is 4.74 Å². The van der Waals surface area contributed by atoms with Gasteiger partial charge in [0.15, 0.2) is 0 Å². The van der Waals surface area contributed by atoms with Gasteiger partial charge in [-0.15, -0.1) is 0 Å². The van der Waals surface area contributed by atoms with Gasteiger partial charge in [-0.3, -0.25) is 0 Å². The van der Waals surface area contributed by atoms with Crippen LogP contribution in [0.15, 0.2) is 114 Å². The van der Waals surface area contributed by atoms with Crippen LogP contribution in [0.2, 0.25) is 0 Å². The normalized spacial score (nSPS) is 15.5. The molecule has 0 amide bonds. The molecule has 1 unspecified atom stereocenters. The Labute approximate surface area is 250 Å². The molecule has 0 saturated heterocycles. The molecule has 0 saturated carbocycles. The van der Waals surface area contributed by atoms with Crippen molar-refractivity contribution in [2.24, 2.45) is 5.92 Å². The van der Waals surface area contributed by atoms with Crippen molar-refractivity contribution in [2.45, 2.75) is 90.9 Å². The van der Waals surface area contributed by atoms with Gasteiger partial charge in [-0.1, -0.05) is 142 Å². The van der Waals surface area contributed by atoms with Crippen molar-refractivity contribution in [3.63, 3.8) is 0 Å². The van der Waals surface area contributed by atoms with Crippen LogP contribution in [0.3, 0.4) is 0 Å². The molecule has 2 aromatic rings. The summed E-state index contributed by atoms with van der Waals surface area (Å²) < 4.78 is 6.17. The molecule has 0 radical (unpaired) electrons. The number of ether oxygens (including phenoxy) is 1. The lowest BCUT2D eigenvalue weighted by Crippen LogP contribution is -2.02. The summed E-state index contributed by atoms with van der Waals surface area (Å²) in [5, 5.41) is 0. The summed E-state index contributed by atoms with van der Waals surface area (Å²) in [7, 11) is 0. The van der Waals surface area contributed by atoms with Crippen LogP contribution in [-0.2, 0) is 4.74 Å². The lowest BCUT2D eigenvalue weighted by molar-refractivity contribution is 0.314. The molecule has 216 valence electrons. The molecular weight excluding hydrogens is 496 g/mol. The zero-order chi connectivity index (χ0) is 28.7. The Balaban J connectivity index is 1.24. The molecule has 0 bridgehead atoms. The van der Waals surface area contributed by atoms with E-state index in [9.17, 15) is 0 Å². The van der Waals surface area contributed by atoms with Gasteiger partial charge in [0.1, 0.15) is 12.4 Å². The maximum absolute atomic E-state index is 6.17. The fourth-order valence-electron chi connectivity index (χ4n) is 5.98. The lowest BCUT2D eigenvalue weighted by Gasteiger charge is -2.17. The summed E-state index contributed by atoms with van der Waals surface area (Å²) in [5.41, 5.74) is 9.17. The molecule has 1 nitrogen and oxygen atoms in total. The van der Waals surface area contributed by atoms with Gasteiger partial charge in [0, 0.05) is 5.56 Å².